The maximum Gasteiger partial charge on any atom is 0.0396 e. The summed E-state index contributed by atoms with van der Waals surface area (Å²) in [7, 11) is -1.92. The van der Waals surface area contributed by atoms with E-state index in [1.165, 1.54) is 0 Å². The predicted octanol–water partition coefficient (Wildman–Crippen LogP) is 0.386. The largest absolute Gasteiger partial charge is 0.257 e. The van der Waals surface area contributed by atoms with Crippen molar-refractivity contribution in [3.05, 3.63) is 0 Å². The topological polar surface area (TPSA) is 17.1 Å². The molecule has 1 rings (SSSR count). The van der Waals surface area contributed by atoms with Crippen LogP contribution >= 0.6 is 0 Å². The van der Waals surface area contributed by atoms with Crippen LogP contribution in [0.25, 0.3) is 0 Å². The van der Waals surface area contributed by atoms with Gasteiger partial charge in [0, 0.05) is 25.9 Å². The van der Waals surface area contributed by atoms with Crippen LogP contribution in [0.4, 0.5) is 0 Å². The van der Waals surface area contributed by atoms with E-state index in [9.17, 15) is 4.21 Å². The van der Waals surface area contributed by atoms with Crippen LogP contribution in [0.5, 0.6) is 0 Å². The number of hydrogen-bond donors (Lipinski definition) is 0. The molecular weight excluding hydrogens is 152 g/mol. The molecule has 2 atom stereocenters. The first kappa shape index (κ1) is 7.04. The second-order valence-electron chi connectivity index (χ2n) is 2.27. The average Bonchev–Trinajstić information content (AvgIpc) is 2.10. The van der Waals surface area contributed by atoms with Crippen LogP contribution in [0.2, 0.25) is 0 Å². The highest BCUT2D eigenvalue weighted by Crippen LogP contribution is 2.16. The summed E-state index contributed by atoms with van der Waals surface area (Å²) in [5, 5.41) is 0. The van der Waals surface area contributed by atoms with Crippen LogP contribution in [0.3, 0.4) is 0 Å². The van der Waals surface area contributed by atoms with Crippen molar-refractivity contribution in [2.45, 2.75) is 6.42 Å². The Morgan fingerprint density at radius 3 is 2.67 bits per heavy atom. The summed E-state index contributed by atoms with van der Waals surface area (Å²) < 4.78 is 11.1. The summed E-state index contributed by atoms with van der Waals surface area (Å²) >= 11 is 4.78. The van der Waals surface area contributed by atoms with Crippen LogP contribution < -0.4 is 0 Å². The Hall–Kier alpha value is -0.0700. The lowest BCUT2D eigenvalue weighted by molar-refractivity contribution is 0.685. The highest BCUT2D eigenvalue weighted by atomic mass is 32.8. The van der Waals surface area contributed by atoms with Gasteiger partial charge in [0.1, 0.15) is 0 Å². The van der Waals surface area contributed by atoms with Gasteiger partial charge in [0.25, 0.3) is 0 Å². The summed E-state index contributed by atoms with van der Waals surface area (Å²) in [6, 6.07) is 0. The van der Waals surface area contributed by atoms with Crippen molar-refractivity contribution in [1.82, 2.24) is 0 Å². The summed E-state index contributed by atoms with van der Waals surface area (Å²) in [6.45, 7) is 0. The fourth-order valence-corrected chi connectivity index (χ4v) is 3.39. The molecule has 0 aliphatic carbocycles. The molecule has 1 saturated heterocycles. The molecule has 0 bridgehead atoms. The maximum atomic E-state index is 11.1. The smallest absolute Gasteiger partial charge is 0.0396 e. The van der Waals surface area contributed by atoms with E-state index < -0.39 is 8.49 Å². The zero-order valence-corrected chi connectivity index (χ0v) is 6.63. The molecule has 0 aromatic rings. The Morgan fingerprint density at radius 1 is 1.78 bits per heavy atom. The fraction of sp³-hybridized carbons (Fsp3) is 0.667. The van der Waals surface area contributed by atoms with Crippen LogP contribution in [-0.2, 0) is 19.7 Å². The minimum atomic E-state index is -1.92. The highest BCUT2D eigenvalue weighted by Gasteiger charge is 2.22. The first-order valence-corrected chi connectivity index (χ1v) is 5.63. The van der Waals surface area contributed by atoms with E-state index in [4.69, 9.17) is 17.6 Å². The van der Waals surface area contributed by atoms with Crippen molar-refractivity contribution in [2.24, 2.45) is 5.92 Å². The Kier molecular flexibility index (Phi) is 1.78. The van der Waals surface area contributed by atoms with Crippen LogP contribution in [-0.4, -0.2) is 15.7 Å². The molecule has 1 aliphatic heterocycles. The van der Waals surface area contributed by atoms with Gasteiger partial charge in [-0.15, -0.1) is 12.3 Å². The van der Waals surface area contributed by atoms with E-state index in [0.717, 1.165) is 6.42 Å². The molecule has 50 valence electrons. The molecule has 3 heteroatoms. The molecule has 1 fully saturated rings. The molecule has 0 radical (unpaired) electrons. The zero-order valence-electron chi connectivity index (χ0n) is 5.00. The third-order valence-corrected chi connectivity index (χ3v) is 4.14. The van der Waals surface area contributed by atoms with Crippen molar-refractivity contribution in [3.63, 3.8) is 0 Å². The molecule has 0 saturated carbocycles. The van der Waals surface area contributed by atoms with Gasteiger partial charge in [-0.1, -0.05) is 0 Å². The molecule has 1 nitrogen and oxygen atoms in total. The lowest BCUT2D eigenvalue weighted by Crippen LogP contribution is -2.00. The summed E-state index contributed by atoms with van der Waals surface area (Å²) in [6.07, 6.45) is 5.99. The normalized spacial score (nSPS) is 42.3. The Balaban J connectivity index is 2.72. The van der Waals surface area contributed by atoms with Gasteiger partial charge in [-0.3, -0.25) is 4.21 Å². The molecule has 9 heavy (non-hydrogen) atoms. The zero-order chi connectivity index (χ0) is 6.91. The average molecular weight is 160 g/mol. The Bertz CT molecular complexity index is 232. The van der Waals surface area contributed by atoms with Gasteiger partial charge in [-0.2, -0.15) is 0 Å². The molecule has 0 aromatic heterocycles. The standard InChI is InChI=1S/C6H8OS2/c1-2-6-3-4-9(7,8)5-6/h1,6H,3-5H2. The van der Waals surface area contributed by atoms with E-state index in [2.05, 4.69) is 5.92 Å². The molecule has 0 aromatic carbocycles. The van der Waals surface area contributed by atoms with Crippen LogP contribution in [0, 0.1) is 18.3 Å². The van der Waals surface area contributed by atoms with Crippen LogP contribution in [0.15, 0.2) is 0 Å². The monoisotopic (exact) mass is 160 g/mol. The second-order valence-corrected chi connectivity index (χ2v) is 6.32. The van der Waals surface area contributed by atoms with Gasteiger partial charge < -0.3 is 0 Å². The van der Waals surface area contributed by atoms with Crippen LogP contribution in [0.1, 0.15) is 6.42 Å². The van der Waals surface area contributed by atoms with Crippen molar-refractivity contribution < 1.29 is 4.21 Å². The van der Waals surface area contributed by atoms with Gasteiger partial charge in [0.05, 0.1) is 0 Å². The second kappa shape index (κ2) is 2.28. The number of rotatable bonds is 0. The highest BCUT2D eigenvalue weighted by molar-refractivity contribution is 8.33. The van der Waals surface area contributed by atoms with E-state index in [0.29, 0.717) is 11.5 Å². The number of terminal acetylenes is 1. The molecule has 0 spiro atoms. The summed E-state index contributed by atoms with van der Waals surface area (Å²) in [4.78, 5) is 0. The van der Waals surface area contributed by atoms with Crippen molar-refractivity contribution >= 4 is 19.7 Å². The minimum absolute atomic E-state index is 0.190. The quantitative estimate of drug-likeness (QED) is 0.477. The lowest BCUT2D eigenvalue weighted by Gasteiger charge is -1.92. The molecule has 2 unspecified atom stereocenters. The van der Waals surface area contributed by atoms with Crippen molar-refractivity contribution in [2.75, 3.05) is 11.5 Å². The fourth-order valence-electron chi connectivity index (χ4n) is 0.926. The van der Waals surface area contributed by atoms with E-state index in [-0.39, 0.29) is 5.92 Å². The minimum Gasteiger partial charge on any atom is -0.257 e. The molecule has 1 aliphatic rings. The SMILES string of the molecule is C#CC1CCS(=O)(=S)C1. The third-order valence-electron chi connectivity index (χ3n) is 1.47. The van der Waals surface area contributed by atoms with Gasteiger partial charge in [0.15, 0.2) is 0 Å². The van der Waals surface area contributed by atoms with Gasteiger partial charge in [-0.05, 0) is 17.6 Å². The van der Waals surface area contributed by atoms with Crippen molar-refractivity contribution in [1.29, 1.82) is 0 Å². The van der Waals surface area contributed by atoms with Gasteiger partial charge >= 0.3 is 0 Å². The summed E-state index contributed by atoms with van der Waals surface area (Å²) in [5.41, 5.74) is 0. The first-order valence-electron chi connectivity index (χ1n) is 2.80. The molecule has 1 heterocycles. The Morgan fingerprint density at radius 2 is 2.44 bits per heavy atom. The van der Waals surface area contributed by atoms with Gasteiger partial charge in [0.2, 0.25) is 0 Å². The van der Waals surface area contributed by atoms with Gasteiger partial charge in [-0.25, -0.2) is 0 Å². The molecule has 0 amide bonds. The predicted molar refractivity (Wildman–Crippen MR) is 42.2 cm³/mol. The van der Waals surface area contributed by atoms with E-state index in [1.54, 1.807) is 0 Å². The lowest BCUT2D eigenvalue weighted by atomic mass is 10.1. The van der Waals surface area contributed by atoms with E-state index in [1.807, 2.05) is 0 Å². The number of hydrogen-bond acceptors (Lipinski definition) is 2. The maximum absolute atomic E-state index is 11.1. The first-order chi connectivity index (χ1) is 4.14. The summed E-state index contributed by atoms with van der Waals surface area (Å²) in [5.74, 6) is 3.98. The molecular formula is C6H8OS2. The van der Waals surface area contributed by atoms with E-state index >= 15 is 0 Å². The molecule has 0 N–H and O–H groups in total. The third kappa shape index (κ3) is 1.67. The van der Waals surface area contributed by atoms with Crippen molar-refractivity contribution in [3.8, 4) is 12.3 Å². The Labute approximate surface area is 60.5 Å².